The molecule has 0 saturated heterocycles. The van der Waals surface area contributed by atoms with Crippen LogP contribution >= 0.6 is 0 Å². The fourth-order valence-corrected chi connectivity index (χ4v) is 2.08. The standard InChI is InChI=1S/C18H24N4O3/c1-24-15-5-7-16(8-6-15)25-12-11-20-17-9-4-14(13-21-17)22-18(23)3-2-10-19/h4-9,13H,2-3,10-12,19H2,1H3,(H,20,21)(H,22,23). The lowest BCUT2D eigenvalue weighted by Crippen LogP contribution is -2.14. The zero-order chi connectivity index (χ0) is 17.9. The van der Waals surface area contributed by atoms with Crippen LogP contribution in [0.5, 0.6) is 11.5 Å². The molecular formula is C18H24N4O3. The highest BCUT2D eigenvalue weighted by molar-refractivity contribution is 5.90. The summed E-state index contributed by atoms with van der Waals surface area (Å²) < 4.78 is 10.7. The summed E-state index contributed by atoms with van der Waals surface area (Å²) in [7, 11) is 1.63. The van der Waals surface area contributed by atoms with Gasteiger partial charge in [-0.1, -0.05) is 0 Å². The molecule has 0 radical (unpaired) electrons. The molecule has 2 rings (SSSR count). The molecule has 4 N–H and O–H groups in total. The average Bonchev–Trinajstić information content (AvgIpc) is 2.65. The molecule has 1 aromatic carbocycles. The molecule has 0 fully saturated rings. The van der Waals surface area contributed by atoms with Crippen molar-refractivity contribution in [1.82, 2.24) is 4.98 Å². The van der Waals surface area contributed by atoms with Crippen LogP contribution in [-0.4, -0.2) is 37.7 Å². The molecule has 0 spiro atoms. The minimum atomic E-state index is -0.0548. The Morgan fingerprint density at radius 2 is 1.92 bits per heavy atom. The van der Waals surface area contributed by atoms with Gasteiger partial charge in [-0.3, -0.25) is 4.79 Å². The molecular weight excluding hydrogens is 320 g/mol. The van der Waals surface area contributed by atoms with Crippen molar-refractivity contribution in [2.45, 2.75) is 12.8 Å². The number of amides is 1. The van der Waals surface area contributed by atoms with E-state index >= 15 is 0 Å². The maximum atomic E-state index is 11.6. The van der Waals surface area contributed by atoms with Crippen LogP contribution < -0.4 is 25.8 Å². The van der Waals surface area contributed by atoms with Crippen molar-refractivity contribution in [3.63, 3.8) is 0 Å². The van der Waals surface area contributed by atoms with Crippen molar-refractivity contribution in [2.75, 3.05) is 37.4 Å². The van der Waals surface area contributed by atoms with Crippen LogP contribution in [0.3, 0.4) is 0 Å². The number of methoxy groups -OCH3 is 1. The summed E-state index contributed by atoms with van der Waals surface area (Å²) in [5.41, 5.74) is 6.05. The number of aromatic nitrogens is 1. The average molecular weight is 344 g/mol. The second-order valence-corrected chi connectivity index (χ2v) is 5.32. The zero-order valence-corrected chi connectivity index (χ0v) is 14.3. The minimum absolute atomic E-state index is 0.0548. The highest BCUT2D eigenvalue weighted by atomic mass is 16.5. The van der Waals surface area contributed by atoms with Crippen molar-refractivity contribution in [1.29, 1.82) is 0 Å². The van der Waals surface area contributed by atoms with E-state index in [0.717, 1.165) is 17.3 Å². The second-order valence-electron chi connectivity index (χ2n) is 5.32. The normalized spacial score (nSPS) is 10.2. The van der Waals surface area contributed by atoms with E-state index in [1.54, 1.807) is 19.4 Å². The monoisotopic (exact) mass is 344 g/mol. The molecule has 0 bridgehead atoms. The number of carbonyl (C=O) groups excluding carboxylic acids is 1. The number of hydrogen-bond acceptors (Lipinski definition) is 6. The van der Waals surface area contributed by atoms with E-state index in [9.17, 15) is 4.79 Å². The van der Waals surface area contributed by atoms with Gasteiger partial charge in [0.05, 0.1) is 25.5 Å². The van der Waals surface area contributed by atoms with E-state index in [-0.39, 0.29) is 5.91 Å². The molecule has 1 aromatic heterocycles. The Morgan fingerprint density at radius 1 is 1.16 bits per heavy atom. The molecule has 0 saturated carbocycles. The molecule has 134 valence electrons. The van der Waals surface area contributed by atoms with E-state index in [1.165, 1.54) is 0 Å². The van der Waals surface area contributed by atoms with Gasteiger partial charge in [-0.15, -0.1) is 0 Å². The first-order valence-electron chi connectivity index (χ1n) is 8.18. The Hall–Kier alpha value is -2.80. The molecule has 0 unspecified atom stereocenters. The smallest absolute Gasteiger partial charge is 0.224 e. The maximum Gasteiger partial charge on any atom is 0.224 e. The predicted molar refractivity (Wildman–Crippen MR) is 98.1 cm³/mol. The Balaban J connectivity index is 1.69. The van der Waals surface area contributed by atoms with Gasteiger partial charge in [0.25, 0.3) is 0 Å². The van der Waals surface area contributed by atoms with Crippen LogP contribution in [0.15, 0.2) is 42.6 Å². The summed E-state index contributed by atoms with van der Waals surface area (Å²) in [4.78, 5) is 15.9. The molecule has 0 atom stereocenters. The first-order valence-corrected chi connectivity index (χ1v) is 8.18. The largest absolute Gasteiger partial charge is 0.497 e. The van der Waals surface area contributed by atoms with E-state index in [2.05, 4.69) is 15.6 Å². The van der Waals surface area contributed by atoms with Gasteiger partial charge in [0.1, 0.15) is 23.9 Å². The Bertz CT molecular complexity index is 644. The van der Waals surface area contributed by atoms with E-state index < -0.39 is 0 Å². The van der Waals surface area contributed by atoms with Gasteiger partial charge in [-0.05, 0) is 49.4 Å². The van der Waals surface area contributed by atoms with Gasteiger partial charge in [0.15, 0.2) is 0 Å². The molecule has 1 heterocycles. The summed E-state index contributed by atoms with van der Waals surface area (Å²) in [5, 5.41) is 5.94. The van der Waals surface area contributed by atoms with Gasteiger partial charge in [-0.25, -0.2) is 4.98 Å². The maximum absolute atomic E-state index is 11.6. The summed E-state index contributed by atoms with van der Waals surface area (Å²) in [6.45, 7) is 1.62. The third-order valence-electron chi connectivity index (χ3n) is 3.39. The van der Waals surface area contributed by atoms with Crippen molar-refractivity contribution >= 4 is 17.4 Å². The molecule has 0 aliphatic heterocycles. The molecule has 7 nitrogen and oxygen atoms in total. The van der Waals surface area contributed by atoms with Gasteiger partial charge < -0.3 is 25.8 Å². The molecule has 0 aliphatic carbocycles. The van der Waals surface area contributed by atoms with E-state index in [1.807, 2.05) is 30.3 Å². The van der Waals surface area contributed by atoms with Crippen molar-refractivity contribution in [2.24, 2.45) is 5.73 Å². The summed E-state index contributed by atoms with van der Waals surface area (Å²) >= 11 is 0. The topological polar surface area (TPSA) is 98.5 Å². The number of hydrogen-bond donors (Lipinski definition) is 3. The molecule has 1 amide bonds. The number of anilines is 2. The highest BCUT2D eigenvalue weighted by Gasteiger charge is 2.02. The van der Waals surface area contributed by atoms with Crippen LogP contribution in [0, 0.1) is 0 Å². The molecule has 25 heavy (non-hydrogen) atoms. The van der Waals surface area contributed by atoms with Gasteiger partial charge in [0.2, 0.25) is 5.91 Å². The van der Waals surface area contributed by atoms with Crippen molar-refractivity contribution in [3.05, 3.63) is 42.6 Å². The quantitative estimate of drug-likeness (QED) is 0.572. The van der Waals surface area contributed by atoms with Crippen LogP contribution in [0.25, 0.3) is 0 Å². The fraction of sp³-hybridized carbons (Fsp3) is 0.333. The lowest BCUT2D eigenvalue weighted by molar-refractivity contribution is -0.116. The van der Waals surface area contributed by atoms with E-state index in [0.29, 0.717) is 38.2 Å². The second kappa shape index (κ2) is 10.1. The zero-order valence-electron chi connectivity index (χ0n) is 14.3. The number of carbonyl (C=O) groups is 1. The van der Waals surface area contributed by atoms with Crippen molar-refractivity contribution < 1.29 is 14.3 Å². The highest BCUT2D eigenvalue weighted by Crippen LogP contribution is 2.17. The number of ether oxygens (including phenoxy) is 2. The SMILES string of the molecule is COc1ccc(OCCNc2ccc(NC(=O)CCCN)cn2)cc1. The third-order valence-corrected chi connectivity index (χ3v) is 3.39. The van der Waals surface area contributed by atoms with Crippen LogP contribution in [0.2, 0.25) is 0 Å². The number of benzene rings is 1. The number of nitrogens with zero attached hydrogens (tertiary/aromatic N) is 1. The summed E-state index contributed by atoms with van der Waals surface area (Å²) in [6.07, 6.45) is 2.71. The molecule has 2 aromatic rings. The Labute approximate surface area is 147 Å². The fourth-order valence-electron chi connectivity index (χ4n) is 2.08. The number of nitrogens with one attached hydrogen (secondary N) is 2. The summed E-state index contributed by atoms with van der Waals surface area (Å²) in [6, 6.07) is 11.0. The third kappa shape index (κ3) is 6.68. The van der Waals surface area contributed by atoms with E-state index in [4.69, 9.17) is 15.2 Å². The van der Waals surface area contributed by atoms with Gasteiger partial charge in [-0.2, -0.15) is 0 Å². The van der Waals surface area contributed by atoms with Gasteiger partial charge in [0, 0.05) is 6.42 Å². The van der Waals surface area contributed by atoms with Crippen LogP contribution in [-0.2, 0) is 4.79 Å². The summed E-state index contributed by atoms with van der Waals surface area (Å²) in [5.74, 6) is 2.25. The lowest BCUT2D eigenvalue weighted by atomic mass is 10.3. The number of rotatable bonds is 10. The van der Waals surface area contributed by atoms with Crippen LogP contribution in [0.1, 0.15) is 12.8 Å². The Morgan fingerprint density at radius 3 is 2.56 bits per heavy atom. The number of pyridine rings is 1. The first-order chi connectivity index (χ1) is 12.2. The van der Waals surface area contributed by atoms with Crippen molar-refractivity contribution in [3.8, 4) is 11.5 Å². The number of nitrogens with two attached hydrogens (primary N) is 1. The van der Waals surface area contributed by atoms with Crippen LogP contribution in [0.4, 0.5) is 11.5 Å². The van der Waals surface area contributed by atoms with Gasteiger partial charge >= 0.3 is 0 Å². The Kier molecular flexibility index (Phi) is 7.52. The molecule has 0 aliphatic rings. The molecule has 7 heteroatoms. The minimum Gasteiger partial charge on any atom is -0.497 e. The lowest BCUT2D eigenvalue weighted by Gasteiger charge is -2.09. The predicted octanol–water partition coefficient (Wildman–Crippen LogP) is 2.26. The first kappa shape index (κ1) is 18.5.